The smallest absolute Gasteiger partial charge is 0.273 e. The van der Waals surface area contributed by atoms with E-state index in [0.717, 1.165) is 22.4 Å². The van der Waals surface area contributed by atoms with Gasteiger partial charge in [0.25, 0.3) is 5.69 Å². The molecule has 0 spiro atoms. The Kier molecular flexibility index (Phi) is 5.61. The largest absolute Gasteiger partial charge is 0.506 e. The van der Waals surface area contributed by atoms with E-state index in [0.29, 0.717) is 0 Å². The summed E-state index contributed by atoms with van der Waals surface area (Å²) in [6.07, 6.45) is 3.04. The summed E-state index contributed by atoms with van der Waals surface area (Å²) in [7, 11) is 0. The Bertz CT molecular complexity index is 1110. The van der Waals surface area contributed by atoms with Crippen LogP contribution in [0, 0.1) is 10.1 Å². The Morgan fingerprint density at radius 3 is 2.61 bits per heavy atom. The van der Waals surface area contributed by atoms with Gasteiger partial charge in [-0.2, -0.15) is 0 Å². The zero-order valence-electron chi connectivity index (χ0n) is 14.5. The second kappa shape index (κ2) is 8.28. The van der Waals surface area contributed by atoms with E-state index >= 15 is 0 Å². The van der Waals surface area contributed by atoms with Gasteiger partial charge in [0.05, 0.1) is 16.7 Å². The number of nitro groups is 1. The van der Waals surface area contributed by atoms with E-state index in [-0.39, 0.29) is 22.2 Å². The molecule has 0 radical (unpaired) electrons. The SMILES string of the molecule is O=C(C=Cc1cccc2ccccc12)NC(=S)Nc1ccc([N+](=O)[O-])cc1O. The molecule has 7 nitrogen and oxygen atoms in total. The van der Waals surface area contributed by atoms with Crippen molar-refractivity contribution < 1.29 is 14.8 Å². The number of anilines is 1. The number of rotatable bonds is 4. The minimum absolute atomic E-state index is 0.0447. The maximum atomic E-state index is 12.1. The second-order valence-electron chi connectivity index (χ2n) is 5.80. The molecule has 3 aromatic rings. The van der Waals surface area contributed by atoms with Gasteiger partial charge in [0.2, 0.25) is 5.91 Å². The molecular weight excluding hydrogens is 378 g/mol. The summed E-state index contributed by atoms with van der Waals surface area (Å²) < 4.78 is 0. The highest BCUT2D eigenvalue weighted by Gasteiger charge is 2.11. The first-order chi connectivity index (χ1) is 13.4. The topological polar surface area (TPSA) is 104 Å². The summed E-state index contributed by atoms with van der Waals surface area (Å²) in [6, 6.07) is 17.1. The summed E-state index contributed by atoms with van der Waals surface area (Å²) in [5.74, 6) is -0.802. The molecule has 8 heteroatoms. The molecule has 0 aliphatic rings. The number of hydrogen-bond acceptors (Lipinski definition) is 5. The molecule has 0 unspecified atom stereocenters. The molecule has 0 heterocycles. The van der Waals surface area contributed by atoms with Crippen LogP contribution >= 0.6 is 12.2 Å². The molecule has 140 valence electrons. The van der Waals surface area contributed by atoms with Crippen LogP contribution in [-0.2, 0) is 4.79 Å². The van der Waals surface area contributed by atoms with Crippen molar-refractivity contribution >= 4 is 51.5 Å². The summed E-state index contributed by atoms with van der Waals surface area (Å²) >= 11 is 5.04. The Morgan fingerprint density at radius 2 is 1.86 bits per heavy atom. The highest BCUT2D eigenvalue weighted by atomic mass is 32.1. The van der Waals surface area contributed by atoms with Crippen molar-refractivity contribution in [3.63, 3.8) is 0 Å². The lowest BCUT2D eigenvalue weighted by atomic mass is 10.0. The van der Waals surface area contributed by atoms with Gasteiger partial charge in [-0.3, -0.25) is 20.2 Å². The molecule has 0 aromatic heterocycles. The number of benzene rings is 3. The molecule has 0 saturated carbocycles. The van der Waals surface area contributed by atoms with Crippen LogP contribution in [-0.4, -0.2) is 21.0 Å². The molecule has 0 fully saturated rings. The van der Waals surface area contributed by atoms with Crippen LogP contribution in [0.5, 0.6) is 5.75 Å². The van der Waals surface area contributed by atoms with Crippen molar-refractivity contribution in [3.05, 3.63) is 82.4 Å². The number of amides is 1. The number of phenols is 1. The van der Waals surface area contributed by atoms with Crippen LogP contribution in [0.15, 0.2) is 66.7 Å². The van der Waals surface area contributed by atoms with Crippen molar-refractivity contribution in [2.24, 2.45) is 0 Å². The van der Waals surface area contributed by atoms with Crippen molar-refractivity contribution in [2.75, 3.05) is 5.32 Å². The summed E-state index contributed by atoms with van der Waals surface area (Å²) in [6.45, 7) is 0. The predicted octanol–water partition coefficient (Wildman–Crippen LogP) is 3.98. The highest BCUT2D eigenvalue weighted by Crippen LogP contribution is 2.27. The molecule has 0 aliphatic heterocycles. The van der Waals surface area contributed by atoms with Crippen LogP contribution in [0.3, 0.4) is 0 Å². The minimum Gasteiger partial charge on any atom is -0.506 e. The van der Waals surface area contributed by atoms with Crippen LogP contribution in [0.2, 0.25) is 0 Å². The van der Waals surface area contributed by atoms with E-state index in [1.807, 2.05) is 42.5 Å². The van der Waals surface area contributed by atoms with Gasteiger partial charge in [0.15, 0.2) is 5.11 Å². The normalized spacial score (nSPS) is 10.7. The van der Waals surface area contributed by atoms with Crippen molar-refractivity contribution in [3.8, 4) is 5.75 Å². The number of hydrogen-bond donors (Lipinski definition) is 3. The third-order valence-electron chi connectivity index (χ3n) is 3.91. The Balaban J connectivity index is 1.65. The number of fused-ring (bicyclic) bond motifs is 1. The fourth-order valence-corrected chi connectivity index (χ4v) is 2.82. The molecular formula is C20H15N3O4S. The molecule has 3 N–H and O–H groups in total. The van der Waals surface area contributed by atoms with Crippen molar-refractivity contribution in [2.45, 2.75) is 0 Å². The van der Waals surface area contributed by atoms with Gasteiger partial charge in [-0.15, -0.1) is 0 Å². The highest BCUT2D eigenvalue weighted by molar-refractivity contribution is 7.80. The summed E-state index contributed by atoms with van der Waals surface area (Å²) in [5, 5.41) is 27.6. The number of nitrogens with zero attached hydrogens (tertiary/aromatic N) is 1. The number of aromatic hydroxyl groups is 1. The van der Waals surface area contributed by atoms with Crippen molar-refractivity contribution in [1.82, 2.24) is 5.32 Å². The van der Waals surface area contributed by atoms with Crippen LogP contribution in [0.1, 0.15) is 5.56 Å². The summed E-state index contributed by atoms with van der Waals surface area (Å²) in [4.78, 5) is 22.2. The van der Waals surface area contributed by atoms with Gasteiger partial charge < -0.3 is 10.4 Å². The van der Waals surface area contributed by atoms with Crippen LogP contribution < -0.4 is 10.6 Å². The number of carbonyl (C=O) groups excluding carboxylic acids is 1. The lowest BCUT2D eigenvalue weighted by Gasteiger charge is -2.09. The van der Waals surface area contributed by atoms with Gasteiger partial charge in [0, 0.05) is 12.1 Å². The van der Waals surface area contributed by atoms with E-state index in [1.165, 1.54) is 18.2 Å². The molecule has 28 heavy (non-hydrogen) atoms. The Morgan fingerprint density at radius 1 is 1.11 bits per heavy atom. The number of non-ortho nitro benzene ring substituents is 1. The number of thiocarbonyl (C=S) groups is 1. The van der Waals surface area contributed by atoms with Gasteiger partial charge in [-0.25, -0.2) is 0 Å². The zero-order chi connectivity index (χ0) is 20.1. The van der Waals surface area contributed by atoms with E-state index < -0.39 is 10.8 Å². The van der Waals surface area contributed by atoms with Crippen molar-refractivity contribution in [1.29, 1.82) is 0 Å². The van der Waals surface area contributed by atoms with Crippen LogP contribution in [0.4, 0.5) is 11.4 Å². The molecule has 0 atom stereocenters. The maximum Gasteiger partial charge on any atom is 0.273 e. The molecule has 0 saturated heterocycles. The van der Waals surface area contributed by atoms with Crippen LogP contribution in [0.25, 0.3) is 16.8 Å². The number of phenolic OH excluding ortho intramolecular Hbond substituents is 1. The second-order valence-corrected chi connectivity index (χ2v) is 6.21. The fraction of sp³-hybridized carbons (Fsp3) is 0. The van der Waals surface area contributed by atoms with Gasteiger partial charge in [0.1, 0.15) is 5.75 Å². The quantitative estimate of drug-likeness (QED) is 0.204. The lowest BCUT2D eigenvalue weighted by Crippen LogP contribution is -2.32. The van der Waals surface area contributed by atoms with E-state index in [4.69, 9.17) is 12.2 Å². The molecule has 1 amide bonds. The molecule has 3 rings (SSSR count). The first kappa shape index (κ1) is 19.0. The maximum absolute atomic E-state index is 12.1. The average Bonchev–Trinajstić information content (AvgIpc) is 2.67. The van der Waals surface area contributed by atoms with E-state index in [9.17, 15) is 20.0 Å². The molecule has 0 aliphatic carbocycles. The zero-order valence-corrected chi connectivity index (χ0v) is 15.3. The van der Waals surface area contributed by atoms with E-state index in [1.54, 1.807) is 6.08 Å². The molecule has 3 aromatic carbocycles. The number of nitrogens with one attached hydrogen (secondary N) is 2. The monoisotopic (exact) mass is 393 g/mol. The fourth-order valence-electron chi connectivity index (χ4n) is 2.61. The van der Waals surface area contributed by atoms with E-state index in [2.05, 4.69) is 10.6 Å². The Hall–Kier alpha value is -3.78. The third-order valence-corrected chi connectivity index (χ3v) is 4.12. The predicted molar refractivity (Wildman–Crippen MR) is 112 cm³/mol. The van der Waals surface area contributed by atoms with Gasteiger partial charge >= 0.3 is 0 Å². The first-order valence-corrected chi connectivity index (χ1v) is 8.60. The standard InChI is InChI=1S/C20H15N3O4S/c24-18-12-15(23(26)27)9-10-17(18)21-20(28)22-19(25)11-8-14-6-3-5-13-4-1-2-7-16(13)14/h1-12,24H,(H2,21,22,25,28). The number of carbonyl (C=O) groups is 1. The van der Waals surface area contributed by atoms with Gasteiger partial charge in [-0.1, -0.05) is 42.5 Å². The summed E-state index contributed by atoms with van der Waals surface area (Å²) in [5.41, 5.74) is 0.782. The van der Waals surface area contributed by atoms with Gasteiger partial charge in [-0.05, 0) is 40.7 Å². The minimum atomic E-state index is -0.623. The third kappa shape index (κ3) is 4.49. The first-order valence-electron chi connectivity index (χ1n) is 8.19. The molecule has 0 bridgehead atoms. The number of nitro benzene ring substituents is 1. The lowest BCUT2D eigenvalue weighted by molar-refractivity contribution is -0.384. The Labute approximate surface area is 165 Å². The average molecular weight is 393 g/mol.